The number of nitrogens with one attached hydrogen (secondary N) is 1. The van der Waals surface area contributed by atoms with Crippen LogP contribution >= 0.6 is 0 Å². The van der Waals surface area contributed by atoms with Gasteiger partial charge in [-0.3, -0.25) is 4.79 Å². The molecule has 2 aromatic rings. The number of hydrogen-bond donors (Lipinski definition) is 1. The molecule has 1 aliphatic rings. The minimum absolute atomic E-state index is 0.0198. The number of furan rings is 1. The molecule has 0 aromatic carbocycles. The van der Waals surface area contributed by atoms with Gasteiger partial charge < -0.3 is 14.6 Å². The summed E-state index contributed by atoms with van der Waals surface area (Å²) in [5.74, 6) is 2.06. The van der Waals surface area contributed by atoms with Gasteiger partial charge in [0.2, 0.25) is 5.95 Å². The van der Waals surface area contributed by atoms with Gasteiger partial charge in [-0.25, -0.2) is 9.97 Å². The topological polar surface area (TPSA) is 71.3 Å². The second kappa shape index (κ2) is 4.96. The molecule has 6 nitrogen and oxygen atoms in total. The molecule has 1 fully saturated rings. The van der Waals surface area contributed by atoms with Crippen LogP contribution in [0.15, 0.2) is 28.9 Å². The monoisotopic (exact) mass is 272 g/mol. The molecule has 1 saturated heterocycles. The lowest BCUT2D eigenvalue weighted by Crippen LogP contribution is -2.57. The lowest BCUT2D eigenvalue weighted by molar-refractivity contribution is 0.0622. The van der Waals surface area contributed by atoms with Crippen molar-refractivity contribution in [1.82, 2.24) is 14.9 Å². The normalized spacial score (nSPS) is 15.0. The number of hydrogen-bond acceptors (Lipinski definition) is 5. The predicted octanol–water partition coefficient (Wildman–Crippen LogP) is 1.62. The first-order valence-corrected chi connectivity index (χ1v) is 6.53. The highest BCUT2D eigenvalue weighted by Gasteiger charge is 2.32. The first-order valence-electron chi connectivity index (χ1n) is 6.53. The van der Waals surface area contributed by atoms with Gasteiger partial charge in [0.25, 0.3) is 5.91 Å². The first-order chi connectivity index (χ1) is 9.63. The average Bonchev–Trinajstić information content (AvgIpc) is 2.73. The molecule has 104 valence electrons. The first kappa shape index (κ1) is 12.7. The van der Waals surface area contributed by atoms with Crippen molar-refractivity contribution >= 4 is 11.9 Å². The van der Waals surface area contributed by atoms with Gasteiger partial charge in [0, 0.05) is 25.5 Å². The number of amides is 1. The molecule has 2 aromatic heterocycles. The maximum absolute atomic E-state index is 12.3. The van der Waals surface area contributed by atoms with Crippen molar-refractivity contribution in [2.75, 3.05) is 18.4 Å². The number of aryl methyl sites for hydroxylation is 2. The lowest BCUT2D eigenvalue weighted by Gasteiger charge is -2.39. The van der Waals surface area contributed by atoms with Crippen LogP contribution in [-0.2, 0) is 0 Å². The van der Waals surface area contributed by atoms with E-state index in [1.54, 1.807) is 29.4 Å². The quantitative estimate of drug-likeness (QED) is 0.919. The number of aromatic nitrogens is 2. The number of likely N-dealkylation sites (tertiary alicyclic amines) is 1. The molecule has 3 heterocycles. The minimum atomic E-state index is 0.0198. The van der Waals surface area contributed by atoms with E-state index in [4.69, 9.17) is 4.42 Å². The van der Waals surface area contributed by atoms with Crippen molar-refractivity contribution in [2.45, 2.75) is 19.9 Å². The lowest BCUT2D eigenvalue weighted by atomic mass is 10.1. The summed E-state index contributed by atoms with van der Waals surface area (Å²) in [7, 11) is 0. The minimum Gasteiger partial charge on any atom is -0.466 e. The van der Waals surface area contributed by atoms with E-state index in [1.165, 1.54) is 0 Å². The van der Waals surface area contributed by atoms with E-state index in [0.717, 1.165) is 5.76 Å². The zero-order chi connectivity index (χ0) is 14.1. The van der Waals surface area contributed by atoms with Crippen LogP contribution in [0.1, 0.15) is 21.9 Å². The van der Waals surface area contributed by atoms with Crippen LogP contribution in [0.3, 0.4) is 0 Å². The zero-order valence-corrected chi connectivity index (χ0v) is 11.5. The van der Waals surface area contributed by atoms with Crippen LogP contribution in [0.2, 0.25) is 0 Å². The molecular weight excluding hydrogens is 256 g/mol. The van der Waals surface area contributed by atoms with Gasteiger partial charge in [0.15, 0.2) is 0 Å². The Bertz CT molecular complexity index is 617. The van der Waals surface area contributed by atoms with Crippen LogP contribution in [0, 0.1) is 13.8 Å². The van der Waals surface area contributed by atoms with E-state index in [0.29, 0.717) is 30.4 Å². The Morgan fingerprint density at radius 3 is 2.65 bits per heavy atom. The SMILES string of the molecule is Cc1cc(C(=O)N2CC(Nc3ncccn3)C2)c(C)o1. The summed E-state index contributed by atoms with van der Waals surface area (Å²) in [4.78, 5) is 22.3. The van der Waals surface area contributed by atoms with Gasteiger partial charge in [-0.05, 0) is 26.0 Å². The van der Waals surface area contributed by atoms with Gasteiger partial charge in [0.1, 0.15) is 11.5 Å². The molecular formula is C14H16N4O2. The zero-order valence-electron chi connectivity index (χ0n) is 11.5. The average molecular weight is 272 g/mol. The van der Waals surface area contributed by atoms with Gasteiger partial charge >= 0.3 is 0 Å². The van der Waals surface area contributed by atoms with E-state index < -0.39 is 0 Å². The molecule has 1 N–H and O–H groups in total. The Hall–Kier alpha value is -2.37. The molecule has 3 rings (SSSR count). The molecule has 0 saturated carbocycles. The molecule has 0 unspecified atom stereocenters. The highest BCUT2D eigenvalue weighted by molar-refractivity contribution is 5.96. The number of nitrogens with zero attached hydrogens (tertiary/aromatic N) is 3. The molecule has 1 amide bonds. The Kier molecular flexibility index (Phi) is 3.14. The molecule has 20 heavy (non-hydrogen) atoms. The largest absolute Gasteiger partial charge is 0.466 e. The van der Waals surface area contributed by atoms with Crippen molar-refractivity contribution in [3.8, 4) is 0 Å². The molecule has 0 spiro atoms. The summed E-state index contributed by atoms with van der Waals surface area (Å²) >= 11 is 0. The predicted molar refractivity (Wildman–Crippen MR) is 73.5 cm³/mol. The van der Waals surface area contributed by atoms with E-state index in [2.05, 4.69) is 15.3 Å². The highest BCUT2D eigenvalue weighted by atomic mass is 16.3. The van der Waals surface area contributed by atoms with Crippen molar-refractivity contribution in [3.63, 3.8) is 0 Å². The summed E-state index contributed by atoms with van der Waals surface area (Å²) in [6.07, 6.45) is 3.38. The third-order valence-corrected chi connectivity index (χ3v) is 3.34. The number of rotatable bonds is 3. The van der Waals surface area contributed by atoms with Gasteiger partial charge in [-0.15, -0.1) is 0 Å². The van der Waals surface area contributed by atoms with Crippen molar-refractivity contribution in [2.24, 2.45) is 0 Å². The summed E-state index contributed by atoms with van der Waals surface area (Å²) in [5.41, 5.74) is 0.650. The van der Waals surface area contributed by atoms with E-state index in [9.17, 15) is 4.79 Å². The highest BCUT2D eigenvalue weighted by Crippen LogP contribution is 2.20. The van der Waals surface area contributed by atoms with Crippen LogP contribution < -0.4 is 5.32 Å². The smallest absolute Gasteiger partial charge is 0.257 e. The van der Waals surface area contributed by atoms with Crippen LogP contribution in [0.25, 0.3) is 0 Å². The summed E-state index contributed by atoms with van der Waals surface area (Å²) in [6, 6.07) is 3.76. The van der Waals surface area contributed by atoms with Crippen molar-refractivity contribution in [1.29, 1.82) is 0 Å². The van der Waals surface area contributed by atoms with Crippen molar-refractivity contribution < 1.29 is 9.21 Å². The second-order valence-corrected chi connectivity index (χ2v) is 4.95. The van der Waals surface area contributed by atoms with Gasteiger partial charge in [-0.1, -0.05) is 0 Å². The third kappa shape index (κ3) is 2.36. The fraction of sp³-hybridized carbons (Fsp3) is 0.357. The number of carbonyl (C=O) groups excluding carboxylic acids is 1. The maximum Gasteiger partial charge on any atom is 0.257 e. The Morgan fingerprint density at radius 2 is 2.05 bits per heavy atom. The van der Waals surface area contributed by atoms with Gasteiger partial charge in [-0.2, -0.15) is 0 Å². The van der Waals surface area contributed by atoms with Crippen LogP contribution in [0.5, 0.6) is 0 Å². The summed E-state index contributed by atoms with van der Waals surface area (Å²) in [6.45, 7) is 4.96. The van der Waals surface area contributed by atoms with E-state index in [1.807, 2.05) is 13.8 Å². The molecule has 0 atom stereocenters. The molecule has 0 aliphatic carbocycles. The molecule has 6 heteroatoms. The standard InChI is InChI=1S/C14H16N4O2/c1-9-6-12(10(2)20-9)13(19)18-7-11(8-18)17-14-15-4-3-5-16-14/h3-6,11H,7-8H2,1-2H3,(H,15,16,17). The van der Waals surface area contributed by atoms with E-state index >= 15 is 0 Å². The number of carbonyl (C=O) groups is 1. The van der Waals surface area contributed by atoms with Crippen LogP contribution in [-0.4, -0.2) is 39.9 Å². The molecule has 0 radical (unpaired) electrons. The Labute approximate surface area is 116 Å². The molecule has 0 bridgehead atoms. The van der Waals surface area contributed by atoms with Gasteiger partial charge in [0.05, 0.1) is 11.6 Å². The molecule has 1 aliphatic heterocycles. The van der Waals surface area contributed by atoms with Crippen molar-refractivity contribution in [3.05, 3.63) is 41.6 Å². The summed E-state index contributed by atoms with van der Waals surface area (Å²) in [5, 5.41) is 3.19. The second-order valence-electron chi connectivity index (χ2n) is 4.95. The fourth-order valence-corrected chi connectivity index (χ4v) is 2.31. The maximum atomic E-state index is 12.3. The Balaban J connectivity index is 1.58. The fourth-order valence-electron chi connectivity index (χ4n) is 2.31. The third-order valence-electron chi connectivity index (χ3n) is 3.34. The van der Waals surface area contributed by atoms with Crippen LogP contribution in [0.4, 0.5) is 5.95 Å². The number of anilines is 1. The van der Waals surface area contributed by atoms with E-state index in [-0.39, 0.29) is 11.9 Å². The Morgan fingerprint density at radius 1 is 1.35 bits per heavy atom. The summed E-state index contributed by atoms with van der Waals surface area (Å²) < 4.78 is 5.39.